The minimum absolute atomic E-state index is 0. The predicted octanol–water partition coefficient (Wildman–Crippen LogP) is 27.8. The van der Waals surface area contributed by atoms with Crippen molar-refractivity contribution in [1.29, 1.82) is 0 Å². The fourth-order valence-corrected chi connectivity index (χ4v) is 11.3. The minimum Gasteiger partial charge on any atom is -0.305 e. The Morgan fingerprint density at radius 1 is 0.252 bits per heavy atom. The molecule has 0 unspecified atom stereocenters. The van der Waals surface area contributed by atoms with Gasteiger partial charge in [-0.05, 0) is 170 Å². The van der Waals surface area contributed by atoms with Gasteiger partial charge in [0.1, 0.15) is 5.82 Å². The maximum absolute atomic E-state index is 12.9. The fourth-order valence-electron chi connectivity index (χ4n) is 11.3. The van der Waals surface area contributed by atoms with E-state index in [0.29, 0.717) is 5.69 Å². The zero-order chi connectivity index (χ0) is 103. The molecule has 0 saturated carbocycles. The summed E-state index contributed by atoms with van der Waals surface area (Å²) in [5, 5.41) is 0. The summed E-state index contributed by atoms with van der Waals surface area (Å²) in [6.45, 7) is -0.755. The molecule has 0 bridgehead atoms. The second kappa shape index (κ2) is 54.2. The van der Waals surface area contributed by atoms with Crippen molar-refractivity contribution in [2.45, 2.75) is 13.8 Å². The average molecular weight is 2370 g/mol. The number of aromatic nitrogens is 8. The van der Waals surface area contributed by atoms with Gasteiger partial charge in [-0.3, -0.25) is 0 Å². The molecule has 0 atom stereocenters. The van der Waals surface area contributed by atoms with Crippen molar-refractivity contribution in [1.82, 2.24) is 39.9 Å². The van der Waals surface area contributed by atoms with Crippen LogP contribution in [0, 0.1) is 68.1 Å². The Morgan fingerprint density at radius 2 is 0.638 bits per heavy atom. The van der Waals surface area contributed by atoms with Crippen LogP contribution in [0.15, 0.2) is 468 Å². The van der Waals surface area contributed by atoms with Crippen molar-refractivity contribution in [3.05, 3.63) is 533 Å². The van der Waals surface area contributed by atoms with Crippen LogP contribution in [0.1, 0.15) is 41.4 Å². The zero-order valence-electron chi connectivity index (χ0n) is 89.3. The molecule has 8 heterocycles. The van der Waals surface area contributed by atoms with E-state index in [0.717, 1.165) is 73.0 Å². The van der Waals surface area contributed by atoms with Crippen molar-refractivity contribution in [2.24, 2.45) is 0 Å². The molecule has 0 spiro atoms. The normalized spacial score (nSPS) is 12.3. The Hall–Kier alpha value is -13.6. The van der Waals surface area contributed by atoms with Gasteiger partial charge in [0.25, 0.3) is 0 Å². The maximum Gasteiger partial charge on any atom is 0.123 e. The van der Waals surface area contributed by atoms with Crippen LogP contribution in [-0.4, -0.2) is 39.9 Å². The van der Waals surface area contributed by atoms with Crippen LogP contribution in [0.2, 0.25) is 0 Å². The van der Waals surface area contributed by atoms with Crippen LogP contribution in [0.5, 0.6) is 0 Å². The molecule has 0 fully saturated rings. The second-order valence-electron chi connectivity index (χ2n) is 25.7. The number of nitrogens with zero attached hydrogens (tertiary/aromatic N) is 8. The molecule has 12 aromatic carbocycles. The van der Waals surface area contributed by atoms with Crippen LogP contribution in [0.25, 0.3) is 135 Å². The number of halogens is 1. The van der Waals surface area contributed by atoms with Crippen LogP contribution < -0.4 is 0 Å². The summed E-state index contributed by atoms with van der Waals surface area (Å²) in [4.78, 5) is 33.2. The molecule has 0 aliphatic carbocycles. The molecule has 127 heavy (non-hydrogen) atoms. The number of hydrogen-bond donors (Lipinski definition) is 0. The van der Waals surface area contributed by atoms with E-state index in [9.17, 15) is 4.39 Å². The molecule has 20 aromatic rings. The summed E-state index contributed by atoms with van der Waals surface area (Å²) >= 11 is 0. The van der Waals surface area contributed by atoms with E-state index < -0.39 is 110 Å². The maximum atomic E-state index is 12.9. The zero-order valence-corrected chi connectivity index (χ0v) is 76.9. The predicted molar refractivity (Wildman–Crippen MR) is 499 cm³/mol. The largest absolute Gasteiger partial charge is 0.305 e. The van der Waals surface area contributed by atoms with Gasteiger partial charge in [-0.15, -0.1) is 287 Å². The fraction of sp³-hybridized carbons (Fsp3) is 0.0175. The molecule has 0 N–H and O–H groups in total. The molecule has 0 aliphatic heterocycles. The Balaban J connectivity index is 0.000000191. The van der Waals surface area contributed by atoms with Crippen molar-refractivity contribution in [3.8, 4) is 135 Å². The monoisotopic (exact) mass is 2380 g/mol. The summed E-state index contributed by atoms with van der Waals surface area (Å²) < 4.78 is 183. The van der Waals surface area contributed by atoms with Gasteiger partial charge in [0.2, 0.25) is 0 Å². The van der Waals surface area contributed by atoms with E-state index in [4.69, 9.17) is 30.2 Å². The molecule has 0 aliphatic rings. The summed E-state index contributed by atoms with van der Waals surface area (Å²) in [6.07, 6.45) is 7.87. The second-order valence-corrected chi connectivity index (χ2v) is 25.7. The molecular formula is C114H83FIr4N8-8. The van der Waals surface area contributed by atoms with Crippen molar-refractivity contribution in [3.63, 3.8) is 0 Å². The van der Waals surface area contributed by atoms with Gasteiger partial charge in [0.15, 0.2) is 0 Å². The van der Waals surface area contributed by atoms with Gasteiger partial charge < -0.3 is 39.9 Å². The van der Waals surface area contributed by atoms with E-state index >= 15 is 0 Å². The molecule has 13 heteroatoms. The quantitative estimate of drug-likeness (QED) is 0.111. The Bertz CT molecular complexity index is 7310. The Labute approximate surface area is 830 Å². The summed E-state index contributed by atoms with van der Waals surface area (Å²) in [7, 11) is 0. The first-order valence-electron chi connectivity index (χ1n) is 49.2. The van der Waals surface area contributed by atoms with Crippen LogP contribution in [-0.2, 0) is 80.4 Å². The number of hydrogen-bond acceptors (Lipinski definition) is 8. The molecule has 0 amide bonds. The van der Waals surface area contributed by atoms with Crippen molar-refractivity contribution < 1.29 is 115 Å². The Kier molecular flexibility index (Phi) is 29.7. The number of pyridine rings is 8. The van der Waals surface area contributed by atoms with E-state index in [2.05, 4.69) is 125 Å². The molecular weight excluding hydrogens is 2270 g/mol. The van der Waals surface area contributed by atoms with Crippen LogP contribution >= 0.6 is 0 Å². The summed E-state index contributed by atoms with van der Waals surface area (Å²) in [6, 6.07) is 118. The third-order valence-corrected chi connectivity index (χ3v) is 17.2. The molecule has 0 saturated heterocycles. The Morgan fingerprint density at radius 3 is 1.07 bits per heavy atom. The summed E-state index contributed by atoms with van der Waals surface area (Å²) in [5.41, 5.74) is 16.5. The third kappa shape index (κ3) is 31.5. The summed E-state index contributed by atoms with van der Waals surface area (Å²) in [5.74, 6) is -0.227. The van der Waals surface area contributed by atoms with Gasteiger partial charge >= 0.3 is 0 Å². The van der Waals surface area contributed by atoms with Crippen molar-refractivity contribution in [2.75, 3.05) is 0 Å². The topological polar surface area (TPSA) is 103 Å². The first-order valence-corrected chi connectivity index (χ1v) is 38.2. The standard InChI is InChI=1S/C18H14N.C17H11FN.2C17H12N.C12H10N.3C11H8N.4Ir/c1-14-6-5-9-16(12-14)17-10-11-19-18(13-17)15-7-3-2-4-8-15;18-16-8-6-13(7-9-16)15-10-11-19-17(12-15)14-4-2-1-3-5-14;2*1-3-7-14(8-4-1)16-11-12-18-17(13-16)15-9-5-2-6-10-15;1-10-6-5-9-12(13-10)11-7-3-2-4-8-11;3*1-2-6-10(7-3-1)11-8-4-5-9-12-11;;;;/h2-7,9-13H,1H3;1-4,6-12H;2*1-9,11-13H;2-7,9H,1H3;3*1-6,8-9H;;;;/q8*-1;;;;/i2D,3D,4D,5D,6D,7D,9D,10D,11D,12D,13D;;;;1D3;1D,2D,3D,4D,5D,6D,8D,9D;;;;;;. The molecule has 8 aromatic heterocycles. The SMILES string of the molecule is Fc1ccc(-c2ccnc(-c3[c-]cccc3)c2)cc1.[2H]C([2H])([2H])c1cccc(-c2[c-]cccc2)n1.[2H]c1[c-]c(-c2nc([2H])c([2H])c(-c3c([2H])c([2H])c([2H])c(C)c3[2H])c2[2H])c([2H])c([2H])c1[2H].[2H]c1[c-]c(-c2nc([2H])c([2H])c([2H])c2[2H])c([2H])c([2H])c1[2H].[Ir].[Ir].[Ir].[Ir].[c-]1ccccc1-c1cc(-c2ccccc2)ccn1.[c-]1ccccc1-c1cc(-c2ccccc2)ccn1.[c-]1ccccc1-c1ccccn1.[c-]1ccccc1-c1ccccn1. The third-order valence-electron chi connectivity index (χ3n) is 17.2. The minimum atomic E-state index is -2.16. The van der Waals surface area contributed by atoms with E-state index in [1.165, 1.54) is 47.4 Å². The molecule has 20 rings (SSSR count). The molecule has 630 valence electrons. The first kappa shape index (κ1) is 69.6. The van der Waals surface area contributed by atoms with Gasteiger partial charge in [-0.2, -0.15) is 0 Å². The van der Waals surface area contributed by atoms with Gasteiger partial charge in [0, 0.05) is 139 Å². The molecule has 8 nitrogen and oxygen atoms in total. The van der Waals surface area contributed by atoms with E-state index in [-0.39, 0.29) is 143 Å². The van der Waals surface area contributed by atoms with E-state index in [1.807, 2.05) is 249 Å². The van der Waals surface area contributed by atoms with Gasteiger partial charge in [0.05, 0.1) is 15.1 Å². The first-order chi connectivity index (χ1) is 69.8. The van der Waals surface area contributed by atoms with E-state index in [1.54, 1.807) is 48.9 Å². The molecule has 4 radical (unpaired) electrons. The number of aryl methyl sites for hydroxylation is 1. The average Bonchev–Trinajstić information content (AvgIpc) is 0.741. The van der Waals surface area contributed by atoms with Crippen LogP contribution in [0.3, 0.4) is 0 Å². The van der Waals surface area contributed by atoms with Crippen LogP contribution in [0.4, 0.5) is 4.39 Å². The smallest absolute Gasteiger partial charge is 0.123 e. The number of rotatable bonds is 12. The van der Waals surface area contributed by atoms with Gasteiger partial charge in [-0.25, -0.2) is 4.39 Å². The number of benzene rings is 12. The van der Waals surface area contributed by atoms with Gasteiger partial charge in [-0.1, -0.05) is 175 Å². The van der Waals surface area contributed by atoms with Crippen molar-refractivity contribution >= 4 is 0 Å².